The summed E-state index contributed by atoms with van der Waals surface area (Å²) in [6.45, 7) is 1.61. The quantitative estimate of drug-likeness (QED) is 0.502. The number of hydrogen-bond donors (Lipinski definition) is 1. The Bertz CT molecular complexity index is 1260. The summed E-state index contributed by atoms with van der Waals surface area (Å²) in [7, 11) is 0. The molecule has 1 amide bonds. The molecule has 4 aromatic rings. The van der Waals surface area contributed by atoms with Gasteiger partial charge in [-0.05, 0) is 48.4 Å². The Morgan fingerprint density at radius 1 is 1.06 bits per heavy atom. The Balaban J connectivity index is 1.70. The maximum absolute atomic E-state index is 13.9. The zero-order chi connectivity index (χ0) is 22.0. The lowest BCUT2D eigenvalue weighted by Crippen LogP contribution is -2.15. The van der Waals surface area contributed by atoms with Crippen molar-refractivity contribution in [3.05, 3.63) is 83.6 Å². The SMILES string of the molecule is Cc1cc(-c2noc(NC(=O)Cc3ccc(F)cc3F)c2-c2ccncn2)ccc1F. The second kappa shape index (κ2) is 8.39. The summed E-state index contributed by atoms with van der Waals surface area (Å²) < 4.78 is 46.0. The molecular weight excluding hydrogens is 409 g/mol. The number of anilines is 1. The number of aryl methyl sites for hydroxylation is 1. The van der Waals surface area contributed by atoms with Crippen LogP contribution in [-0.4, -0.2) is 21.0 Å². The van der Waals surface area contributed by atoms with Crippen molar-refractivity contribution in [1.29, 1.82) is 0 Å². The van der Waals surface area contributed by atoms with Crippen LogP contribution in [0.15, 0.2) is 59.5 Å². The fraction of sp³-hybridized carbons (Fsp3) is 0.0909. The van der Waals surface area contributed by atoms with Gasteiger partial charge in [0.2, 0.25) is 11.8 Å². The Morgan fingerprint density at radius 2 is 1.90 bits per heavy atom. The summed E-state index contributed by atoms with van der Waals surface area (Å²) in [6, 6.07) is 9.00. The average Bonchev–Trinajstić information content (AvgIpc) is 3.16. The predicted octanol–water partition coefficient (Wildman–Crippen LogP) is 4.71. The molecule has 31 heavy (non-hydrogen) atoms. The minimum Gasteiger partial charge on any atom is -0.337 e. The number of amides is 1. The summed E-state index contributed by atoms with van der Waals surface area (Å²) in [5.41, 5.74) is 2.10. The lowest BCUT2D eigenvalue weighted by molar-refractivity contribution is -0.115. The lowest BCUT2D eigenvalue weighted by atomic mass is 10.0. The van der Waals surface area contributed by atoms with Crippen LogP contribution < -0.4 is 5.32 Å². The zero-order valence-corrected chi connectivity index (χ0v) is 16.2. The van der Waals surface area contributed by atoms with E-state index in [2.05, 4.69) is 20.4 Å². The zero-order valence-electron chi connectivity index (χ0n) is 16.2. The number of benzene rings is 2. The summed E-state index contributed by atoms with van der Waals surface area (Å²) in [5.74, 6) is -2.54. The first-order chi connectivity index (χ1) is 14.9. The van der Waals surface area contributed by atoms with Gasteiger partial charge in [0.15, 0.2) is 0 Å². The van der Waals surface area contributed by atoms with E-state index < -0.39 is 17.5 Å². The van der Waals surface area contributed by atoms with Crippen molar-refractivity contribution in [3.8, 4) is 22.5 Å². The number of hydrogen-bond acceptors (Lipinski definition) is 5. The maximum atomic E-state index is 13.9. The van der Waals surface area contributed by atoms with Gasteiger partial charge in [0, 0.05) is 17.8 Å². The molecule has 1 N–H and O–H groups in total. The summed E-state index contributed by atoms with van der Waals surface area (Å²) >= 11 is 0. The van der Waals surface area contributed by atoms with Crippen molar-refractivity contribution in [2.24, 2.45) is 0 Å². The molecule has 6 nitrogen and oxygen atoms in total. The van der Waals surface area contributed by atoms with Gasteiger partial charge in [-0.3, -0.25) is 10.1 Å². The van der Waals surface area contributed by atoms with E-state index in [0.717, 1.165) is 6.07 Å². The van der Waals surface area contributed by atoms with E-state index in [0.29, 0.717) is 34.1 Å². The Labute approximate surface area is 174 Å². The van der Waals surface area contributed by atoms with E-state index in [1.807, 2.05) is 0 Å². The van der Waals surface area contributed by atoms with Gasteiger partial charge < -0.3 is 4.52 Å². The van der Waals surface area contributed by atoms with Crippen LogP contribution in [0.2, 0.25) is 0 Å². The number of rotatable bonds is 5. The molecule has 4 rings (SSSR count). The van der Waals surface area contributed by atoms with E-state index in [1.165, 1.54) is 30.7 Å². The highest BCUT2D eigenvalue weighted by Gasteiger charge is 2.23. The topological polar surface area (TPSA) is 80.9 Å². The third-order valence-electron chi connectivity index (χ3n) is 4.58. The second-order valence-electron chi connectivity index (χ2n) is 6.75. The standard InChI is InChI=1S/C22H15F3N4O2/c1-12-8-14(3-5-16(12)24)21-20(18-6-7-26-11-27-18)22(31-29-21)28-19(30)9-13-2-4-15(23)10-17(13)25/h2-8,10-11H,9H2,1H3,(H,28,30). The maximum Gasteiger partial charge on any atom is 0.241 e. The van der Waals surface area contributed by atoms with Crippen molar-refractivity contribution >= 4 is 11.8 Å². The second-order valence-corrected chi connectivity index (χ2v) is 6.75. The van der Waals surface area contributed by atoms with Crippen molar-refractivity contribution in [1.82, 2.24) is 15.1 Å². The molecule has 0 saturated carbocycles. The molecule has 0 atom stereocenters. The molecular formula is C22H15F3N4O2. The highest BCUT2D eigenvalue weighted by Crippen LogP contribution is 2.37. The number of nitrogens with one attached hydrogen (secondary N) is 1. The van der Waals surface area contributed by atoms with E-state index in [9.17, 15) is 18.0 Å². The molecule has 2 heterocycles. The Morgan fingerprint density at radius 3 is 2.61 bits per heavy atom. The van der Waals surface area contributed by atoms with Crippen molar-refractivity contribution in [2.45, 2.75) is 13.3 Å². The van der Waals surface area contributed by atoms with Crippen LogP contribution in [0.1, 0.15) is 11.1 Å². The van der Waals surface area contributed by atoms with Gasteiger partial charge in [-0.2, -0.15) is 0 Å². The van der Waals surface area contributed by atoms with Crippen LogP contribution in [0.4, 0.5) is 19.1 Å². The number of nitrogens with zero attached hydrogens (tertiary/aromatic N) is 3. The largest absolute Gasteiger partial charge is 0.337 e. The number of carbonyl (C=O) groups is 1. The summed E-state index contributed by atoms with van der Waals surface area (Å²) in [4.78, 5) is 20.6. The first-order valence-corrected chi connectivity index (χ1v) is 9.18. The van der Waals surface area contributed by atoms with Gasteiger partial charge >= 0.3 is 0 Å². The molecule has 0 fully saturated rings. The number of halogens is 3. The van der Waals surface area contributed by atoms with E-state index >= 15 is 0 Å². The molecule has 2 aromatic heterocycles. The fourth-order valence-corrected chi connectivity index (χ4v) is 3.05. The molecule has 0 saturated heterocycles. The average molecular weight is 424 g/mol. The molecule has 0 bridgehead atoms. The molecule has 0 aliphatic rings. The first kappa shape index (κ1) is 20.3. The normalized spacial score (nSPS) is 10.8. The predicted molar refractivity (Wildman–Crippen MR) is 106 cm³/mol. The molecule has 0 radical (unpaired) electrons. The van der Waals surface area contributed by atoms with Crippen molar-refractivity contribution < 1.29 is 22.5 Å². The van der Waals surface area contributed by atoms with Gasteiger partial charge in [-0.15, -0.1) is 0 Å². The van der Waals surface area contributed by atoms with Gasteiger partial charge in [0.25, 0.3) is 0 Å². The Kier molecular flexibility index (Phi) is 5.48. The van der Waals surface area contributed by atoms with Gasteiger partial charge in [0.1, 0.15) is 29.5 Å². The van der Waals surface area contributed by atoms with Crippen LogP contribution in [-0.2, 0) is 11.2 Å². The van der Waals surface area contributed by atoms with Crippen LogP contribution in [0.25, 0.3) is 22.5 Å². The minimum absolute atomic E-state index is 0.0109. The van der Waals surface area contributed by atoms with E-state index in [-0.39, 0.29) is 23.7 Å². The lowest BCUT2D eigenvalue weighted by Gasteiger charge is -2.07. The van der Waals surface area contributed by atoms with Crippen molar-refractivity contribution in [3.63, 3.8) is 0 Å². The van der Waals surface area contributed by atoms with Crippen LogP contribution in [0.3, 0.4) is 0 Å². The molecule has 2 aromatic carbocycles. The van der Waals surface area contributed by atoms with Crippen molar-refractivity contribution in [2.75, 3.05) is 5.32 Å². The molecule has 0 unspecified atom stereocenters. The van der Waals surface area contributed by atoms with Gasteiger partial charge in [0.05, 0.1) is 17.7 Å². The highest BCUT2D eigenvalue weighted by atomic mass is 19.1. The monoisotopic (exact) mass is 424 g/mol. The van der Waals surface area contributed by atoms with Crippen LogP contribution in [0.5, 0.6) is 0 Å². The molecule has 0 aliphatic heterocycles. The summed E-state index contributed by atoms with van der Waals surface area (Å²) in [6.07, 6.45) is 2.48. The Hall–Kier alpha value is -4.01. The smallest absolute Gasteiger partial charge is 0.241 e. The third-order valence-corrected chi connectivity index (χ3v) is 4.58. The third kappa shape index (κ3) is 4.30. The number of aromatic nitrogens is 3. The minimum atomic E-state index is -0.828. The highest BCUT2D eigenvalue weighted by molar-refractivity contribution is 5.97. The first-order valence-electron chi connectivity index (χ1n) is 9.18. The van der Waals surface area contributed by atoms with E-state index in [4.69, 9.17) is 4.52 Å². The summed E-state index contributed by atoms with van der Waals surface area (Å²) in [5, 5.41) is 6.58. The van der Waals surface area contributed by atoms with Gasteiger partial charge in [-0.25, -0.2) is 23.1 Å². The van der Waals surface area contributed by atoms with E-state index in [1.54, 1.807) is 19.1 Å². The molecule has 156 valence electrons. The molecule has 0 spiro atoms. The molecule has 0 aliphatic carbocycles. The van der Waals surface area contributed by atoms with Crippen LogP contribution in [0, 0.1) is 24.4 Å². The van der Waals surface area contributed by atoms with Crippen LogP contribution >= 0.6 is 0 Å². The molecule has 9 heteroatoms. The fourth-order valence-electron chi connectivity index (χ4n) is 3.05. The number of carbonyl (C=O) groups excluding carboxylic acids is 1. The van der Waals surface area contributed by atoms with Gasteiger partial charge in [-0.1, -0.05) is 11.2 Å².